The lowest BCUT2D eigenvalue weighted by Gasteiger charge is -2.19. The van der Waals surface area contributed by atoms with Crippen molar-refractivity contribution >= 4 is 11.6 Å². The van der Waals surface area contributed by atoms with Gasteiger partial charge < -0.3 is 9.30 Å². The molecule has 3 aromatic heterocycles. The summed E-state index contributed by atoms with van der Waals surface area (Å²) in [6, 6.07) is 8.46. The highest BCUT2D eigenvalue weighted by molar-refractivity contribution is 5.92. The summed E-state index contributed by atoms with van der Waals surface area (Å²) in [6.45, 7) is 2.84. The summed E-state index contributed by atoms with van der Waals surface area (Å²) in [5.41, 5.74) is 1.63. The number of carbonyl (C=O) groups is 1. The molecule has 1 amide bonds. The standard InChI is InChI=1S/C15H15N5O2/c1-2-19(15(22)12-6-7-14(21)18-17-12)10-11-9-16-13-5-3-4-8-20(11)13/h3-9H,2,10H2,1H3,(H,18,21). The van der Waals surface area contributed by atoms with Crippen LogP contribution in [0.5, 0.6) is 0 Å². The lowest BCUT2D eigenvalue weighted by molar-refractivity contribution is 0.0743. The maximum absolute atomic E-state index is 12.5. The molecule has 3 heterocycles. The number of pyridine rings is 1. The van der Waals surface area contributed by atoms with Gasteiger partial charge in [-0.1, -0.05) is 6.07 Å². The molecule has 0 aliphatic rings. The van der Waals surface area contributed by atoms with E-state index in [1.54, 1.807) is 11.1 Å². The first kappa shape index (κ1) is 14.0. The predicted molar refractivity (Wildman–Crippen MR) is 80.5 cm³/mol. The number of imidazole rings is 1. The Morgan fingerprint density at radius 3 is 2.91 bits per heavy atom. The Labute approximate surface area is 126 Å². The molecule has 0 radical (unpaired) electrons. The van der Waals surface area contributed by atoms with Crippen molar-refractivity contribution in [1.82, 2.24) is 24.5 Å². The number of carbonyl (C=O) groups excluding carboxylic acids is 1. The Kier molecular flexibility index (Phi) is 3.69. The Bertz CT molecular complexity index is 847. The van der Waals surface area contributed by atoms with E-state index in [-0.39, 0.29) is 17.2 Å². The molecule has 0 atom stereocenters. The fraction of sp³-hybridized carbons (Fsp3) is 0.200. The van der Waals surface area contributed by atoms with Crippen LogP contribution < -0.4 is 5.56 Å². The van der Waals surface area contributed by atoms with Crippen LogP contribution in [-0.2, 0) is 6.54 Å². The zero-order chi connectivity index (χ0) is 15.5. The van der Waals surface area contributed by atoms with Gasteiger partial charge in [0.25, 0.3) is 11.5 Å². The lowest BCUT2D eigenvalue weighted by Crippen LogP contribution is -2.32. The van der Waals surface area contributed by atoms with Gasteiger partial charge in [0.2, 0.25) is 0 Å². The molecular formula is C15H15N5O2. The summed E-state index contributed by atoms with van der Waals surface area (Å²) in [7, 11) is 0. The maximum Gasteiger partial charge on any atom is 0.274 e. The number of fused-ring (bicyclic) bond motifs is 1. The van der Waals surface area contributed by atoms with Crippen LogP contribution in [0.15, 0.2) is 47.5 Å². The van der Waals surface area contributed by atoms with Gasteiger partial charge in [-0.2, -0.15) is 5.10 Å². The summed E-state index contributed by atoms with van der Waals surface area (Å²) in [5, 5.41) is 6.07. The Morgan fingerprint density at radius 1 is 1.32 bits per heavy atom. The van der Waals surface area contributed by atoms with Crippen molar-refractivity contribution < 1.29 is 4.79 Å². The van der Waals surface area contributed by atoms with Gasteiger partial charge in [-0.15, -0.1) is 0 Å². The van der Waals surface area contributed by atoms with E-state index in [0.29, 0.717) is 13.1 Å². The van der Waals surface area contributed by atoms with Gasteiger partial charge in [0.15, 0.2) is 0 Å². The fourth-order valence-electron chi connectivity index (χ4n) is 2.25. The van der Waals surface area contributed by atoms with Crippen molar-refractivity contribution in [2.75, 3.05) is 6.54 Å². The minimum Gasteiger partial charge on any atom is -0.332 e. The second-order valence-corrected chi connectivity index (χ2v) is 4.80. The van der Waals surface area contributed by atoms with Crippen LogP contribution >= 0.6 is 0 Å². The van der Waals surface area contributed by atoms with Crippen molar-refractivity contribution in [3.05, 3.63) is 64.5 Å². The van der Waals surface area contributed by atoms with Crippen molar-refractivity contribution in [1.29, 1.82) is 0 Å². The predicted octanol–water partition coefficient (Wildman–Crippen LogP) is 1.08. The van der Waals surface area contributed by atoms with Gasteiger partial charge in [0.1, 0.15) is 11.3 Å². The third kappa shape index (κ3) is 2.60. The summed E-state index contributed by atoms with van der Waals surface area (Å²) in [6.07, 6.45) is 3.67. The molecule has 3 aromatic rings. The van der Waals surface area contributed by atoms with Gasteiger partial charge in [0.05, 0.1) is 18.4 Å². The molecule has 0 aliphatic heterocycles. The Hall–Kier alpha value is -2.96. The van der Waals surface area contributed by atoms with Crippen molar-refractivity contribution in [3.63, 3.8) is 0 Å². The van der Waals surface area contributed by atoms with Gasteiger partial charge in [-0.25, -0.2) is 10.1 Å². The van der Waals surface area contributed by atoms with Gasteiger partial charge >= 0.3 is 0 Å². The molecule has 0 spiro atoms. The molecule has 1 N–H and O–H groups in total. The third-order valence-electron chi connectivity index (χ3n) is 3.41. The molecule has 7 heteroatoms. The van der Waals surface area contributed by atoms with Crippen LogP contribution in [0.3, 0.4) is 0 Å². The van der Waals surface area contributed by atoms with Crippen LogP contribution in [0, 0.1) is 0 Å². The number of rotatable bonds is 4. The number of aromatic nitrogens is 4. The lowest BCUT2D eigenvalue weighted by atomic mass is 10.3. The molecule has 112 valence electrons. The highest BCUT2D eigenvalue weighted by Crippen LogP contribution is 2.10. The van der Waals surface area contributed by atoms with Crippen molar-refractivity contribution in [2.45, 2.75) is 13.5 Å². The first-order valence-electron chi connectivity index (χ1n) is 6.95. The van der Waals surface area contributed by atoms with Crippen LogP contribution in [0.4, 0.5) is 0 Å². The molecule has 0 saturated carbocycles. The van der Waals surface area contributed by atoms with E-state index >= 15 is 0 Å². The highest BCUT2D eigenvalue weighted by atomic mass is 16.2. The van der Waals surface area contributed by atoms with Crippen LogP contribution in [0.2, 0.25) is 0 Å². The van der Waals surface area contributed by atoms with Crippen LogP contribution in [0.1, 0.15) is 23.1 Å². The van der Waals surface area contributed by atoms with E-state index in [1.165, 1.54) is 12.1 Å². The van der Waals surface area contributed by atoms with Crippen molar-refractivity contribution in [2.24, 2.45) is 0 Å². The molecule has 0 saturated heterocycles. The summed E-state index contributed by atoms with van der Waals surface area (Å²) >= 11 is 0. The average molecular weight is 297 g/mol. The second-order valence-electron chi connectivity index (χ2n) is 4.80. The largest absolute Gasteiger partial charge is 0.332 e. The van der Waals surface area contributed by atoms with E-state index in [0.717, 1.165) is 11.3 Å². The fourth-order valence-corrected chi connectivity index (χ4v) is 2.25. The number of nitrogens with one attached hydrogen (secondary N) is 1. The maximum atomic E-state index is 12.5. The van der Waals surface area contributed by atoms with Crippen LogP contribution in [0.25, 0.3) is 5.65 Å². The minimum atomic E-state index is -0.332. The Balaban J connectivity index is 1.86. The number of aromatic amines is 1. The molecular weight excluding hydrogens is 282 g/mol. The average Bonchev–Trinajstić information content (AvgIpc) is 2.96. The smallest absolute Gasteiger partial charge is 0.274 e. The summed E-state index contributed by atoms with van der Waals surface area (Å²) in [4.78, 5) is 29.5. The molecule has 0 fully saturated rings. The number of hydrogen-bond acceptors (Lipinski definition) is 4. The Morgan fingerprint density at radius 2 is 2.18 bits per heavy atom. The third-order valence-corrected chi connectivity index (χ3v) is 3.41. The summed E-state index contributed by atoms with van der Waals surface area (Å²) < 4.78 is 1.94. The minimum absolute atomic E-state index is 0.218. The quantitative estimate of drug-likeness (QED) is 0.781. The molecule has 7 nitrogen and oxygen atoms in total. The van der Waals surface area contributed by atoms with E-state index < -0.39 is 0 Å². The molecule has 0 aliphatic carbocycles. The zero-order valence-electron chi connectivity index (χ0n) is 12.1. The zero-order valence-corrected chi connectivity index (χ0v) is 12.1. The summed E-state index contributed by atoms with van der Waals surface area (Å²) in [5.74, 6) is -0.232. The van der Waals surface area contributed by atoms with Crippen molar-refractivity contribution in [3.8, 4) is 0 Å². The van der Waals surface area contributed by atoms with Crippen LogP contribution in [-0.4, -0.2) is 36.9 Å². The van der Waals surface area contributed by atoms with Gasteiger partial charge in [0, 0.05) is 18.8 Å². The normalized spacial score (nSPS) is 10.8. The number of hydrogen-bond donors (Lipinski definition) is 1. The number of H-pyrrole nitrogens is 1. The number of amides is 1. The molecule has 0 aromatic carbocycles. The monoisotopic (exact) mass is 297 g/mol. The van der Waals surface area contributed by atoms with E-state index in [9.17, 15) is 9.59 Å². The van der Waals surface area contributed by atoms with Gasteiger partial charge in [-0.05, 0) is 25.1 Å². The topological polar surface area (TPSA) is 83.4 Å². The SMILES string of the molecule is CCN(Cc1cnc2ccccn12)C(=O)c1ccc(=O)[nH]n1. The molecule has 3 rings (SSSR count). The molecule has 22 heavy (non-hydrogen) atoms. The second kappa shape index (κ2) is 5.80. The molecule has 0 unspecified atom stereocenters. The van der Waals surface area contributed by atoms with E-state index in [1.807, 2.05) is 35.7 Å². The first-order chi connectivity index (χ1) is 10.7. The highest BCUT2D eigenvalue weighted by Gasteiger charge is 2.17. The first-order valence-corrected chi connectivity index (χ1v) is 6.95. The molecule has 0 bridgehead atoms. The van der Waals surface area contributed by atoms with E-state index in [2.05, 4.69) is 15.2 Å². The number of nitrogens with zero attached hydrogens (tertiary/aromatic N) is 4. The van der Waals surface area contributed by atoms with Gasteiger partial charge in [-0.3, -0.25) is 9.59 Å². The van der Waals surface area contributed by atoms with E-state index in [4.69, 9.17) is 0 Å².